The molecular weight excluding hydrogens is 286 g/mol. The van der Waals surface area contributed by atoms with Gasteiger partial charge in [0, 0.05) is 6.20 Å². The smallest absolute Gasteiger partial charge is 0.274 e. The monoisotopic (exact) mass is 293 g/mol. The highest BCUT2D eigenvalue weighted by atomic mass is 79.9. The number of pyridine rings is 1. The van der Waals surface area contributed by atoms with Gasteiger partial charge in [0.25, 0.3) is 5.91 Å². The number of aromatic nitrogens is 2. The molecule has 0 aromatic carbocycles. The van der Waals surface area contributed by atoms with Crippen LogP contribution in [-0.4, -0.2) is 21.8 Å². The normalized spacial score (nSPS) is 10.1. The van der Waals surface area contributed by atoms with E-state index in [4.69, 9.17) is 11.0 Å². The molecule has 0 aliphatic heterocycles. The second kappa shape index (κ2) is 4.43. The topological polar surface area (TPSA) is 96.2 Å². The van der Waals surface area contributed by atoms with Crippen molar-refractivity contribution < 1.29 is 4.79 Å². The molecule has 0 atom stereocenters. The summed E-state index contributed by atoms with van der Waals surface area (Å²) in [5.74, 6) is -0.212. The number of halogens is 1. The summed E-state index contributed by atoms with van der Waals surface area (Å²) in [5, 5.41) is 10.8. The average Bonchev–Trinajstić information content (AvgIpc) is 2.66. The van der Waals surface area contributed by atoms with Crippen LogP contribution in [0.25, 0.3) is 5.65 Å². The molecule has 0 fully saturated rings. The van der Waals surface area contributed by atoms with Crippen LogP contribution in [0, 0.1) is 11.3 Å². The molecule has 0 spiro atoms. The molecule has 2 aromatic heterocycles. The fourth-order valence-electron chi connectivity index (χ4n) is 1.42. The van der Waals surface area contributed by atoms with Gasteiger partial charge >= 0.3 is 0 Å². The van der Waals surface area contributed by atoms with E-state index in [2.05, 4.69) is 26.2 Å². The minimum absolute atomic E-state index is 0.0761. The van der Waals surface area contributed by atoms with Crippen molar-refractivity contribution in [1.82, 2.24) is 14.7 Å². The van der Waals surface area contributed by atoms with Gasteiger partial charge in [-0.05, 0) is 28.1 Å². The van der Waals surface area contributed by atoms with Gasteiger partial charge in [-0.3, -0.25) is 9.20 Å². The number of imidazole rings is 1. The molecule has 0 unspecified atom stereocenters. The number of nitrogens with zero attached hydrogens (tertiary/aromatic N) is 3. The number of carbonyl (C=O) groups excluding carboxylic acids is 1. The van der Waals surface area contributed by atoms with E-state index in [-0.39, 0.29) is 18.1 Å². The minimum Gasteiger partial charge on any atom is -0.383 e. The molecule has 86 valence electrons. The first-order chi connectivity index (χ1) is 8.15. The third-order valence-corrected chi connectivity index (χ3v) is 2.80. The molecular formula is C10H8BrN5O. The van der Waals surface area contributed by atoms with E-state index in [0.29, 0.717) is 5.65 Å². The summed E-state index contributed by atoms with van der Waals surface area (Å²) >= 11 is 3.32. The van der Waals surface area contributed by atoms with Crippen molar-refractivity contribution in [2.45, 2.75) is 0 Å². The van der Waals surface area contributed by atoms with Crippen molar-refractivity contribution in [2.24, 2.45) is 0 Å². The van der Waals surface area contributed by atoms with Crippen LogP contribution in [0.15, 0.2) is 22.8 Å². The van der Waals surface area contributed by atoms with Gasteiger partial charge in [-0.2, -0.15) is 5.26 Å². The van der Waals surface area contributed by atoms with Gasteiger partial charge in [0.15, 0.2) is 11.3 Å². The number of amides is 1. The number of nitrogen functional groups attached to an aromatic ring is 1. The molecule has 3 N–H and O–H groups in total. The van der Waals surface area contributed by atoms with Gasteiger partial charge in [-0.15, -0.1) is 0 Å². The molecule has 2 aromatic rings. The second-order valence-corrected chi connectivity index (χ2v) is 4.09. The van der Waals surface area contributed by atoms with E-state index in [0.717, 1.165) is 4.47 Å². The summed E-state index contributed by atoms with van der Waals surface area (Å²) in [4.78, 5) is 15.8. The summed E-state index contributed by atoms with van der Waals surface area (Å²) in [6.07, 6.45) is 1.71. The predicted molar refractivity (Wildman–Crippen MR) is 65.3 cm³/mol. The summed E-state index contributed by atoms with van der Waals surface area (Å²) in [7, 11) is 0. The van der Waals surface area contributed by atoms with E-state index in [1.807, 2.05) is 6.07 Å². The van der Waals surface area contributed by atoms with Gasteiger partial charge in [0.05, 0.1) is 10.5 Å². The van der Waals surface area contributed by atoms with Crippen LogP contribution in [0.5, 0.6) is 0 Å². The van der Waals surface area contributed by atoms with Gasteiger partial charge in [0.1, 0.15) is 12.4 Å². The van der Waals surface area contributed by atoms with E-state index in [9.17, 15) is 4.79 Å². The van der Waals surface area contributed by atoms with Crippen LogP contribution in [0.3, 0.4) is 0 Å². The Bertz CT molecular complexity index is 627. The summed E-state index contributed by atoms with van der Waals surface area (Å²) < 4.78 is 2.34. The van der Waals surface area contributed by atoms with E-state index < -0.39 is 5.91 Å². The van der Waals surface area contributed by atoms with E-state index >= 15 is 0 Å². The summed E-state index contributed by atoms with van der Waals surface area (Å²) in [6, 6.07) is 5.40. The highest BCUT2D eigenvalue weighted by Gasteiger charge is 2.17. The molecule has 0 radical (unpaired) electrons. The Hall–Kier alpha value is -2.07. The first-order valence-corrected chi connectivity index (χ1v) is 5.51. The fraction of sp³-hybridized carbons (Fsp3) is 0.100. The Kier molecular flexibility index (Phi) is 2.97. The third-order valence-electron chi connectivity index (χ3n) is 2.18. The maximum absolute atomic E-state index is 11.7. The number of fused-ring (bicyclic) bond motifs is 1. The van der Waals surface area contributed by atoms with Crippen molar-refractivity contribution in [1.29, 1.82) is 5.26 Å². The number of rotatable bonds is 2. The minimum atomic E-state index is -0.459. The lowest BCUT2D eigenvalue weighted by molar-refractivity contribution is 0.0955. The van der Waals surface area contributed by atoms with Crippen LogP contribution in [0.4, 0.5) is 5.82 Å². The molecule has 0 saturated heterocycles. The standard InChI is InChI=1S/C10H8BrN5O/c11-6-2-1-5-16-8(13)7(15-9(6)16)10(17)14-4-3-12/h1-2,5H,4,13H2,(H,14,17). The maximum Gasteiger partial charge on any atom is 0.274 e. The third kappa shape index (κ3) is 1.94. The van der Waals surface area contributed by atoms with Crippen molar-refractivity contribution in [2.75, 3.05) is 12.3 Å². The highest BCUT2D eigenvalue weighted by Crippen LogP contribution is 2.21. The first-order valence-electron chi connectivity index (χ1n) is 4.72. The van der Waals surface area contributed by atoms with Gasteiger partial charge in [-0.1, -0.05) is 0 Å². The Balaban J connectivity index is 2.50. The summed E-state index contributed by atoms with van der Waals surface area (Å²) in [5.41, 5.74) is 6.50. The van der Waals surface area contributed by atoms with Crippen LogP contribution < -0.4 is 11.1 Å². The van der Waals surface area contributed by atoms with Crippen LogP contribution >= 0.6 is 15.9 Å². The lowest BCUT2D eigenvalue weighted by atomic mass is 10.4. The van der Waals surface area contributed by atoms with Crippen molar-refractivity contribution in [3.63, 3.8) is 0 Å². The van der Waals surface area contributed by atoms with Crippen molar-refractivity contribution in [3.05, 3.63) is 28.5 Å². The zero-order valence-corrected chi connectivity index (χ0v) is 10.2. The Morgan fingerprint density at radius 2 is 2.47 bits per heavy atom. The molecule has 0 aliphatic rings. The molecule has 1 amide bonds. The molecule has 2 rings (SSSR count). The number of nitriles is 1. The lowest BCUT2D eigenvalue weighted by Crippen LogP contribution is -2.24. The van der Waals surface area contributed by atoms with Gasteiger partial charge < -0.3 is 11.1 Å². The zero-order chi connectivity index (χ0) is 12.4. The van der Waals surface area contributed by atoms with Crippen molar-refractivity contribution in [3.8, 4) is 6.07 Å². The lowest BCUT2D eigenvalue weighted by Gasteiger charge is -1.98. The number of hydrogen-bond acceptors (Lipinski definition) is 4. The molecule has 0 saturated carbocycles. The first kappa shape index (κ1) is 11.4. The van der Waals surface area contributed by atoms with Crippen LogP contribution in [-0.2, 0) is 0 Å². The number of hydrogen-bond donors (Lipinski definition) is 2. The Labute approximate surface area is 105 Å². The molecule has 0 aliphatic carbocycles. The average molecular weight is 294 g/mol. The number of carbonyl (C=O) groups is 1. The van der Waals surface area contributed by atoms with Gasteiger partial charge in [0.2, 0.25) is 0 Å². The van der Waals surface area contributed by atoms with Gasteiger partial charge in [-0.25, -0.2) is 4.98 Å². The molecule has 2 heterocycles. The largest absolute Gasteiger partial charge is 0.383 e. The number of nitrogens with one attached hydrogen (secondary N) is 1. The van der Waals surface area contributed by atoms with E-state index in [1.54, 1.807) is 22.7 Å². The SMILES string of the molecule is N#CCNC(=O)c1nc2c(Br)cccn2c1N. The summed E-state index contributed by atoms with van der Waals surface area (Å²) in [6.45, 7) is -0.0761. The fourth-order valence-corrected chi connectivity index (χ4v) is 1.86. The maximum atomic E-state index is 11.7. The second-order valence-electron chi connectivity index (χ2n) is 3.24. The molecule has 0 bridgehead atoms. The zero-order valence-electron chi connectivity index (χ0n) is 8.64. The van der Waals surface area contributed by atoms with E-state index in [1.165, 1.54) is 0 Å². The Morgan fingerprint density at radius 3 is 3.12 bits per heavy atom. The van der Waals surface area contributed by atoms with Crippen LogP contribution in [0.1, 0.15) is 10.5 Å². The predicted octanol–water partition coefficient (Wildman–Crippen LogP) is 0.932. The number of anilines is 1. The van der Waals surface area contributed by atoms with Crippen molar-refractivity contribution >= 4 is 33.3 Å². The molecule has 17 heavy (non-hydrogen) atoms. The highest BCUT2D eigenvalue weighted by molar-refractivity contribution is 9.10. The molecule has 7 heteroatoms. The quantitative estimate of drug-likeness (QED) is 0.805. The Morgan fingerprint density at radius 1 is 1.71 bits per heavy atom. The van der Waals surface area contributed by atoms with Crippen LogP contribution in [0.2, 0.25) is 0 Å². The molecule has 6 nitrogen and oxygen atoms in total. The number of nitrogens with two attached hydrogens (primary N) is 1.